The van der Waals surface area contributed by atoms with Crippen molar-refractivity contribution in [1.29, 1.82) is 0 Å². The minimum absolute atomic E-state index is 0.723. The number of hydrogen-bond acceptors (Lipinski definition) is 4. The number of fused-ring (bicyclic) bond motifs is 1. The van der Waals surface area contributed by atoms with Crippen LogP contribution in [0.25, 0.3) is 5.65 Å². The van der Waals surface area contributed by atoms with Gasteiger partial charge in [0.05, 0.1) is 11.9 Å². The third kappa shape index (κ3) is 2.46. The molecule has 3 aromatic rings. The number of benzene rings is 1. The van der Waals surface area contributed by atoms with Gasteiger partial charge in [-0.2, -0.15) is 0 Å². The lowest BCUT2D eigenvalue weighted by atomic mass is 10.3. The first-order valence-corrected chi connectivity index (χ1v) is 7.16. The van der Waals surface area contributed by atoms with Gasteiger partial charge in [-0.25, -0.2) is 9.97 Å². The third-order valence-corrected chi connectivity index (χ3v) is 3.55. The van der Waals surface area contributed by atoms with E-state index < -0.39 is 0 Å². The standard InChI is InChI=1S/C14H14BrN5/c1-2-16-12-9-20-8-7-17-14(20)13(19-12)18-11-6-4-3-5-10(11)15/h3-9,16H,2H2,1H3,(H,18,19). The molecule has 0 aliphatic rings. The van der Waals surface area contributed by atoms with Gasteiger partial charge >= 0.3 is 0 Å². The molecule has 2 N–H and O–H groups in total. The highest BCUT2D eigenvalue weighted by atomic mass is 79.9. The zero-order chi connectivity index (χ0) is 13.9. The summed E-state index contributed by atoms with van der Waals surface area (Å²) in [5, 5.41) is 6.54. The Labute approximate surface area is 125 Å². The molecule has 0 radical (unpaired) electrons. The molecule has 0 aliphatic carbocycles. The van der Waals surface area contributed by atoms with Crippen LogP contribution in [0.5, 0.6) is 0 Å². The topological polar surface area (TPSA) is 54.2 Å². The van der Waals surface area contributed by atoms with Crippen LogP contribution in [0, 0.1) is 0 Å². The number of imidazole rings is 1. The van der Waals surface area contributed by atoms with Gasteiger partial charge in [0.25, 0.3) is 0 Å². The molecular weight excluding hydrogens is 318 g/mol. The summed E-state index contributed by atoms with van der Waals surface area (Å²) in [4.78, 5) is 8.91. The van der Waals surface area contributed by atoms with Crippen LogP contribution in [0.2, 0.25) is 0 Å². The maximum absolute atomic E-state index is 4.57. The lowest BCUT2D eigenvalue weighted by Crippen LogP contribution is -2.05. The lowest BCUT2D eigenvalue weighted by molar-refractivity contribution is 1.09. The average Bonchev–Trinajstić information content (AvgIpc) is 2.90. The highest BCUT2D eigenvalue weighted by Crippen LogP contribution is 2.26. The van der Waals surface area contributed by atoms with E-state index in [1.54, 1.807) is 6.20 Å². The van der Waals surface area contributed by atoms with E-state index in [-0.39, 0.29) is 0 Å². The van der Waals surface area contributed by atoms with Crippen LogP contribution >= 0.6 is 15.9 Å². The summed E-state index contributed by atoms with van der Waals surface area (Å²) in [6.07, 6.45) is 5.60. The van der Waals surface area contributed by atoms with E-state index in [9.17, 15) is 0 Å². The Morgan fingerprint density at radius 3 is 2.95 bits per heavy atom. The number of rotatable bonds is 4. The van der Waals surface area contributed by atoms with Crippen molar-refractivity contribution in [1.82, 2.24) is 14.4 Å². The quantitative estimate of drug-likeness (QED) is 0.765. The first-order chi connectivity index (χ1) is 9.78. The summed E-state index contributed by atoms with van der Waals surface area (Å²) < 4.78 is 2.94. The van der Waals surface area contributed by atoms with Crippen LogP contribution in [0.4, 0.5) is 17.3 Å². The van der Waals surface area contributed by atoms with E-state index in [0.29, 0.717) is 0 Å². The molecule has 0 saturated heterocycles. The summed E-state index contributed by atoms with van der Waals surface area (Å²) in [5.74, 6) is 1.54. The summed E-state index contributed by atoms with van der Waals surface area (Å²) >= 11 is 3.52. The molecule has 6 heteroatoms. The number of nitrogens with one attached hydrogen (secondary N) is 2. The van der Waals surface area contributed by atoms with E-state index in [2.05, 4.69) is 36.5 Å². The Morgan fingerprint density at radius 2 is 2.15 bits per heavy atom. The van der Waals surface area contributed by atoms with Crippen LogP contribution in [0.3, 0.4) is 0 Å². The van der Waals surface area contributed by atoms with E-state index in [1.165, 1.54) is 0 Å². The van der Waals surface area contributed by atoms with Crippen LogP contribution in [-0.2, 0) is 0 Å². The van der Waals surface area contributed by atoms with Gasteiger partial charge in [-0.1, -0.05) is 12.1 Å². The number of hydrogen-bond donors (Lipinski definition) is 2. The Morgan fingerprint density at radius 1 is 1.30 bits per heavy atom. The molecule has 0 saturated carbocycles. The van der Waals surface area contributed by atoms with Crippen molar-refractivity contribution in [2.24, 2.45) is 0 Å². The molecule has 0 unspecified atom stereocenters. The van der Waals surface area contributed by atoms with Crippen LogP contribution in [0.15, 0.2) is 47.3 Å². The largest absolute Gasteiger partial charge is 0.369 e. The minimum atomic E-state index is 0.723. The Balaban J connectivity index is 2.05. The smallest absolute Gasteiger partial charge is 0.180 e. The predicted octanol–water partition coefficient (Wildman–Crippen LogP) is 3.67. The second-order valence-electron chi connectivity index (χ2n) is 4.27. The molecule has 0 aliphatic heterocycles. The number of aromatic nitrogens is 3. The number of anilines is 3. The highest BCUT2D eigenvalue weighted by Gasteiger charge is 2.08. The van der Waals surface area contributed by atoms with Crippen molar-refractivity contribution in [3.8, 4) is 0 Å². The van der Waals surface area contributed by atoms with Crippen molar-refractivity contribution in [3.63, 3.8) is 0 Å². The third-order valence-electron chi connectivity index (χ3n) is 2.86. The fraction of sp³-hybridized carbons (Fsp3) is 0.143. The number of nitrogens with zero attached hydrogens (tertiary/aromatic N) is 3. The van der Waals surface area contributed by atoms with Gasteiger partial charge in [0.1, 0.15) is 5.82 Å². The molecule has 1 aromatic carbocycles. The molecule has 2 aromatic heterocycles. The molecule has 3 rings (SSSR count). The maximum Gasteiger partial charge on any atom is 0.180 e. The number of para-hydroxylation sites is 1. The Hall–Kier alpha value is -2.08. The molecule has 0 fully saturated rings. The van der Waals surface area contributed by atoms with Crippen molar-refractivity contribution < 1.29 is 0 Å². The van der Waals surface area contributed by atoms with E-state index >= 15 is 0 Å². The summed E-state index contributed by atoms with van der Waals surface area (Å²) in [6, 6.07) is 7.93. The van der Waals surface area contributed by atoms with Crippen LogP contribution < -0.4 is 10.6 Å². The summed E-state index contributed by atoms with van der Waals surface area (Å²) in [5.41, 5.74) is 1.75. The molecule has 0 atom stereocenters. The average molecular weight is 332 g/mol. The van der Waals surface area contributed by atoms with Gasteiger partial charge in [0.2, 0.25) is 0 Å². The van der Waals surface area contributed by atoms with Gasteiger partial charge in [-0.3, -0.25) is 0 Å². The fourth-order valence-electron chi connectivity index (χ4n) is 1.97. The van der Waals surface area contributed by atoms with Gasteiger partial charge in [0, 0.05) is 23.4 Å². The molecule has 5 nitrogen and oxygen atoms in total. The molecular formula is C14H14BrN5. The van der Waals surface area contributed by atoms with Crippen molar-refractivity contribution in [2.45, 2.75) is 6.92 Å². The zero-order valence-corrected chi connectivity index (χ0v) is 12.6. The zero-order valence-electron chi connectivity index (χ0n) is 11.0. The van der Waals surface area contributed by atoms with Gasteiger partial charge in [-0.05, 0) is 35.0 Å². The second-order valence-corrected chi connectivity index (χ2v) is 5.12. The summed E-state index contributed by atoms with van der Waals surface area (Å²) in [6.45, 7) is 2.86. The number of halogens is 1. The van der Waals surface area contributed by atoms with Gasteiger partial charge in [0.15, 0.2) is 11.5 Å². The van der Waals surface area contributed by atoms with Crippen molar-refractivity contribution >= 4 is 38.9 Å². The van der Waals surface area contributed by atoms with Gasteiger partial charge in [-0.15, -0.1) is 0 Å². The first kappa shape index (κ1) is 12.9. The predicted molar refractivity (Wildman–Crippen MR) is 84.6 cm³/mol. The maximum atomic E-state index is 4.57. The molecule has 0 amide bonds. The molecule has 2 heterocycles. The van der Waals surface area contributed by atoms with Crippen molar-refractivity contribution in [3.05, 3.63) is 47.3 Å². The minimum Gasteiger partial charge on any atom is -0.369 e. The highest BCUT2D eigenvalue weighted by molar-refractivity contribution is 9.10. The Kier molecular flexibility index (Phi) is 3.56. The van der Waals surface area contributed by atoms with E-state index in [1.807, 2.05) is 48.0 Å². The van der Waals surface area contributed by atoms with Gasteiger partial charge < -0.3 is 15.0 Å². The lowest BCUT2D eigenvalue weighted by Gasteiger charge is -2.11. The summed E-state index contributed by atoms with van der Waals surface area (Å²) in [7, 11) is 0. The monoisotopic (exact) mass is 331 g/mol. The molecule has 0 spiro atoms. The second kappa shape index (κ2) is 5.50. The molecule has 102 valence electrons. The molecule has 20 heavy (non-hydrogen) atoms. The van der Waals surface area contributed by atoms with E-state index in [4.69, 9.17) is 0 Å². The SMILES string of the molecule is CCNc1cn2ccnc2c(Nc2ccccc2Br)n1. The first-order valence-electron chi connectivity index (χ1n) is 6.37. The Bertz CT molecular complexity index is 737. The fourth-order valence-corrected chi connectivity index (χ4v) is 2.36. The van der Waals surface area contributed by atoms with Crippen LogP contribution in [-0.4, -0.2) is 20.9 Å². The van der Waals surface area contributed by atoms with E-state index in [0.717, 1.165) is 34.0 Å². The molecule has 0 bridgehead atoms. The normalized spacial score (nSPS) is 10.7. The van der Waals surface area contributed by atoms with Crippen molar-refractivity contribution in [2.75, 3.05) is 17.2 Å². The van der Waals surface area contributed by atoms with Crippen LogP contribution in [0.1, 0.15) is 6.92 Å².